The van der Waals surface area contributed by atoms with Gasteiger partial charge in [-0.25, -0.2) is 0 Å². The molecular formula is C14H21N. The molecule has 0 aromatic heterocycles. The van der Waals surface area contributed by atoms with Crippen molar-refractivity contribution in [3.8, 4) is 0 Å². The van der Waals surface area contributed by atoms with Crippen molar-refractivity contribution < 1.29 is 0 Å². The van der Waals surface area contributed by atoms with Crippen molar-refractivity contribution in [3.63, 3.8) is 0 Å². The maximum Gasteiger partial charge on any atom is 0.0663 e. The largest absolute Gasteiger partial charge is 0.264 e. The van der Waals surface area contributed by atoms with Crippen LogP contribution in [0.4, 0.5) is 0 Å². The number of hydrogen-bond acceptors (Lipinski definition) is 1. The third-order valence-electron chi connectivity index (χ3n) is 2.00. The van der Waals surface area contributed by atoms with Gasteiger partial charge in [0.1, 0.15) is 0 Å². The van der Waals surface area contributed by atoms with Crippen molar-refractivity contribution in [2.24, 2.45) is 10.4 Å². The van der Waals surface area contributed by atoms with Gasteiger partial charge < -0.3 is 0 Å². The second-order valence-electron chi connectivity index (χ2n) is 3.69. The predicted octanol–water partition coefficient (Wildman–Crippen LogP) is 4.31. The molecule has 0 heterocycles. The number of aliphatic imine (C=N–C) groups is 1. The molecule has 0 N–H and O–H groups in total. The minimum atomic E-state index is 0.0395. The van der Waals surface area contributed by atoms with Crippen LogP contribution < -0.4 is 0 Å². The average Bonchev–Trinajstić information content (AvgIpc) is 2.38. The smallest absolute Gasteiger partial charge is 0.0663 e. The Hall–Kier alpha value is -1.37. The van der Waals surface area contributed by atoms with Gasteiger partial charge in [-0.2, -0.15) is 0 Å². The Labute approximate surface area is 93.6 Å². The lowest BCUT2D eigenvalue weighted by atomic mass is 9.92. The van der Waals surface area contributed by atoms with Gasteiger partial charge in [0, 0.05) is 5.41 Å². The molecule has 82 valence electrons. The third-order valence-corrected chi connectivity index (χ3v) is 2.00. The van der Waals surface area contributed by atoms with Gasteiger partial charge in [-0.1, -0.05) is 58.6 Å². The van der Waals surface area contributed by atoms with E-state index in [-0.39, 0.29) is 5.41 Å². The van der Waals surface area contributed by atoms with Gasteiger partial charge in [-0.3, -0.25) is 4.99 Å². The fraction of sp³-hybridized carbons (Fsp3) is 0.357. The maximum atomic E-state index is 3.99. The van der Waals surface area contributed by atoms with E-state index in [0.29, 0.717) is 0 Å². The van der Waals surface area contributed by atoms with Crippen molar-refractivity contribution in [2.75, 3.05) is 0 Å². The molecule has 0 spiro atoms. The van der Waals surface area contributed by atoms with Gasteiger partial charge >= 0.3 is 0 Å². The molecule has 1 heteroatoms. The van der Waals surface area contributed by atoms with E-state index >= 15 is 0 Å². The van der Waals surface area contributed by atoms with Crippen LogP contribution in [0, 0.1) is 5.41 Å². The molecule has 0 amide bonds. The first-order valence-electron chi connectivity index (χ1n) is 5.31. The fourth-order valence-electron chi connectivity index (χ4n) is 1.28. The normalized spacial score (nSPS) is 17.6. The van der Waals surface area contributed by atoms with Gasteiger partial charge in [-0.15, -0.1) is 0 Å². The van der Waals surface area contributed by atoms with Crippen molar-refractivity contribution in [3.05, 3.63) is 48.2 Å². The molecule has 15 heavy (non-hydrogen) atoms. The summed E-state index contributed by atoms with van der Waals surface area (Å²) in [6, 6.07) is 0. The van der Waals surface area contributed by atoms with Gasteiger partial charge in [0.25, 0.3) is 0 Å². The molecule has 0 aromatic rings. The quantitative estimate of drug-likeness (QED) is 0.593. The summed E-state index contributed by atoms with van der Waals surface area (Å²) in [5.74, 6) is 0. The molecule has 0 saturated carbocycles. The van der Waals surface area contributed by atoms with Crippen LogP contribution in [-0.4, -0.2) is 6.72 Å². The highest BCUT2D eigenvalue weighted by Crippen LogP contribution is 2.27. The first kappa shape index (κ1) is 13.6. The van der Waals surface area contributed by atoms with E-state index in [1.54, 1.807) is 6.08 Å². The molecule has 0 atom stereocenters. The van der Waals surface area contributed by atoms with Crippen LogP contribution in [-0.2, 0) is 0 Å². The first-order valence-corrected chi connectivity index (χ1v) is 5.31. The van der Waals surface area contributed by atoms with Crippen molar-refractivity contribution in [1.82, 2.24) is 0 Å². The minimum absolute atomic E-state index is 0.0395. The lowest BCUT2D eigenvalue weighted by Gasteiger charge is -2.14. The Balaban J connectivity index is 0.000000921. The van der Waals surface area contributed by atoms with Crippen molar-refractivity contribution in [2.45, 2.75) is 27.7 Å². The summed E-state index contributed by atoms with van der Waals surface area (Å²) in [6.07, 6.45) is 10.1. The van der Waals surface area contributed by atoms with Crippen LogP contribution in [0.2, 0.25) is 0 Å². The van der Waals surface area contributed by atoms with Crippen LogP contribution in [0.25, 0.3) is 0 Å². The van der Waals surface area contributed by atoms with Crippen LogP contribution in [0.15, 0.2) is 53.2 Å². The van der Waals surface area contributed by atoms with E-state index in [2.05, 4.69) is 44.3 Å². The molecule has 0 saturated heterocycles. The number of nitrogens with zero attached hydrogens (tertiary/aromatic N) is 1. The zero-order chi connectivity index (χ0) is 11.9. The van der Waals surface area contributed by atoms with Crippen molar-refractivity contribution >= 4 is 6.72 Å². The molecule has 1 aliphatic rings. The molecule has 0 aromatic carbocycles. The monoisotopic (exact) mass is 203 g/mol. The Bertz CT molecular complexity index is 314. The Kier molecular flexibility index (Phi) is 5.61. The number of allylic oxidation sites excluding steroid dienone is 5. The average molecular weight is 203 g/mol. The molecule has 1 aliphatic carbocycles. The zero-order valence-electron chi connectivity index (χ0n) is 10.2. The molecule has 0 aliphatic heterocycles. The Morgan fingerprint density at radius 1 is 1.33 bits per heavy atom. The standard InChI is InChI=1S/C12H15N.C2H6/c1-5-10-7-6-8-12(2,3)9-11(10)13-4;1-2/h5-9H,1,4H2,2-3H3;1-2H3. The number of hydrogen-bond donors (Lipinski definition) is 0. The van der Waals surface area contributed by atoms with E-state index in [0.717, 1.165) is 11.3 Å². The summed E-state index contributed by atoms with van der Waals surface area (Å²) >= 11 is 0. The molecule has 0 radical (unpaired) electrons. The number of rotatable bonds is 2. The Morgan fingerprint density at radius 3 is 2.40 bits per heavy atom. The Morgan fingerprint density at radius 2 is 1.93 bits per heavy atom. The van der Waals surface area contributed by atoms with Crippen LogP contribution in [0.1, 0.15) is 27.7 Å². The van der Waals surface area contributed by atoms with Crippen LogP contribution >= 0.6 is 0 Å². The van der Waals surface area contributed by atoms with Gasteiger partial charge in [0.05, 0.1) is 5.70 Å². The van der Waals surface area contributed by atoms with Crippen LogP contribution in [0.3, 0.4) is 0 Å². The van der Waals surface area contributed by atoms with E-state index in [9.17, 15) is 0 Å². The van der Waals surface area contributed by atoms with Crippen LogP contribution in [0.5, 0.6) is 0 Å². The molecular weight excluding hydrogens is 182 g/mol. The van der Waals surface area contributed by atoms with E-state index in [1.165, 1.54) is 0 Å². The highest BCUT2D eigenvalue weighted by Gasteiger charge is 2.14. The topological polar surface area (TPSA) is 12.4 Å². The summed E-state index contributed by atoms with van der Waals surface area (Å²) in [4.78, 5) is 3.99. The maximum absolute atomic E-state index is 3.99. The predicted molar refractivity (Wildman–Crippen MR) is 70.2 cm³/mol. The summed E-state index contributed by atoms with van der Waals surface area (Å²) in [5.41, 5.74) is 1.97. The van der Waals surface area contributed by atoms with Gasteiger partial charge in [0.2, 0.25) is 0 Å². The zero-order valence-corrected chi connectivity index (χ0v) is 10.2. The molecule has 0 fully saturated rings. The summed E-state index contributed by atoms with van der Waals surface area (Å²) in [5, 5.41) is 0. The SMILES string of the molecule is C=CC1=CC=CC(C)(C)C=C1N=C.CC. The molecule has 0 unspecified atom stereocenters. The minimum Gasteiger partial charge on any atom is -0.264 e. The lowest BCUT2D eigenvalue weighted by Crippen LogP contribution is -2.02. The first-order chi connectivity index (χ1) is 7.09. The lowest BCUT2D eigenvalue weighted by molar-refractivity contribution is 0.622. The van der Waals surface area contributed by atoms with E-state index in [1.807, 2.05) is 26.0 Å². The highest BCUT2D eigenvalue weighted by molar-refractivity contribution is 5.47. The summed E-state index contributed by atoms with van der Waals surface area (Å²) in [6.45, 7) is 15.6. The van der Waals surface area contributed by atoms with Gasteiger partial charge in [-0.05, 0) is 18.4 Å². The molecule has 1 nitrogen and oxygen atoms in total. The van der Waals surface area contributed by atoms with Gasteiger partial charge in [0.15, 0.2) is 0 Å². The van der Waals surface area contributed by atoms with E-state index < -0.39 is 0 Å². The van der Waals surface area contributed by atoms with E-state index in [4.69, 9.17) is 0 Å². The molecule has 1 rings (SSSR count). The fourth-order valence-corrected chi connectivity index (χ4v) is 1.28. The third kappa shape index (κ3) is 4.11. The highest BCUT2D eigenvalue weighted by atomic mass is 14.7. The second-order valence-corrected chi connectivity index (χ2v) is 3.69. The summed E-state index contributed by atoms with van der Waals surface area (Å²) < 4.78 is 0. The molecule has 0 bridgehead atoms. The van der Waals surface area contributed by atoms with Crippen molar-refractivity contribution in [1.29, 1.82) is 0 Å². The second kappa shape index (κ2) is 6.18. The summed E-state index contributed by atoms with van der Waals surface area (Å²) in [7, 11) is 0.